The van der Waals surface area contributed by atoms with Crippen molar-refractivity contribution in [1.29, 1.82) is 0 Å². The van der Waals surface area contributed by atoms with Crippen LogP contribution in [0.2, 0.25) is 0 Å². The van der Waals surface area contributed by atoms with E-state index in [9.17, 15) is 21.4 Å². The predicted octanol–water partition coefficient (Wildman–Crippen LogP) is 0.648. The Labute approximate surface area is 92.1 Å². The fraction of sp³-hybridized carbons (Fsp3) is 0.143. The number of benzene rings is 1. The van der Waals surface area contributed by atoms with Crippen LogP contribution in [0.4, 0.5) is 10.2 Å². The number of anilines is 1. The van der Waals surface area contributed by atoms with E-state index in [0.717, 1.165) is 18.4 Å². The van der Waals surface area contributed by atoms with Crippen molar-refractivity contribution in [3.8, 4) is 0 Å². The summed E-state index contributed by atoms with van der Waals surface area (Å²) in [5, 5.41) is 0. The highest BCUT2D eigenvalue weighted by Gasteiger charge is 2.16. The van der Waals surface area contributed by atoms with Gasteiger partial charge < -0.3 is 0 Å². The number of hydrogen-bond donors (Lipinski definition) is 1. The van der Waals surface area contributed by atoms with Crippen molar-refractivity contribution in [3.63, 3.8) is 0 Å². The normalized spacial score (nSPS) is 12.4. The predicted molar refractivity (Wildman–Crippen MR) is 54.3 cm³/mol. The van der Waals surface area contributed by atoms with Gasteiger partial charge in [-0.1, -0.05) is 10.5 Å². The lowest BCUT2D eigenvalue weighted by Crippen LogP contribution is -2.10. The number of nitrogens with one attached hydrogen (secondary N) is 1. The highest BCUT2D eigenvalue weighted by molar-refractivity contribution is 7.92. The summed E-state index contributed by atoms with van der Waals surface area (Å²) < 4.78 is 60.2. The van der Waals surface area contributed by atoms with E-state index in [-0.39, 0.29) is 5.69 Å². The van der Waals surface area contributed by atoms with Crippen LogP contribution in [0.5, 0.6) is 0 Å². The van der Waals surface area contributed by atoms with Crippen molar-refractivity contribution in [3.05, 3.63) is 24.3 Å². The zero-order valence-electron chi connectivity index (χ0n) is 8.05. The van der Waals surface area contributed by atoms with Gasteiger partial charge in [-0.05, 0) is 22.7 Å². The minimum Gasteiger partial charge on any atom is -0.284 e. The molecule has 1 aromatic carbocycles. The lowest BCUT2D eigenvalue weighted by atomic mass is 10.3. The molecule has 0 unspecified atom stereocenters. The third kappa shape index (κ3) is 3.43. The van der Waals surface area contributed by atoms with E-state index in [1.54, 1.807) is 0 Å². The molecule has 1 N–H and O–H groups in total. The van der Waals surface area contributed by atoms with E-state index in [4.69, 9.17) is 0 Å². The second-order valence-corrected chi connectivity index (χ2v) is 6.17. The van der Waals surface area contributed by atoms with Crippen LogP contribution in [0.1, 0.15) is 0 Å². The zero-order valence-corrected chi connectivity index (χ0v) is 9.68. The van der Waals surface area contributed by atoms with Gasteiger partial charge in [0.1, 0.15) is 0 Å². The van der Waals surface area contributed by atoms with Gasteiger partial charge in [0, 0.05) is 5.69 Å². The minimum atomic E-state index is -4.48. The molecule has 1 rings (SSSR count). The fourth-order valence-electron chi connectivity index (χ4n) is 0.966. The van der Waals surface area contributed by atoms with E-state index >= 15 is 0 Å². The van der Waals surface area contributed by atoms with Crippen molar-refractivity contribution >= 4 is 25.8 Å². The Bertz CT molecular complexity index is 581. The molecule has 0 amide bonds. The topological polar surface area (TPSA) is 89.5 Å². The van der Waals surface area contributed by atoms with Gasteiger partial charge in [0.15, 0.2) is 0 Å². The quantitative estimate of drug-likeness (QED) is 0.866. The molecule has 0 atom stereocenters. The largest absolute Gasteiger partial charge is 0.327 e. The summed E-state index contributed by atoms with van der Waals surface area (Å²) in [6.45, 7) is 0. The molecule has 0 aliphatic carbocycles. The van der Waals surface area contributed by atoms with E-state index in [1.165, 1.54) is 12.1 Å². The maximum absolute atomic E-state index is 11.7. The molecule has 90 valence electrons. The van der Waals surface area contributed by atoms with E-state index in [0.29, 0.717) is 0 Å². The van der Waals surface area contributed by atoms with Crippen molar-refractivity contribution < 1.29 is 25.7 Å². The lowest BCUT2D eigenvalue weighted by Gasteiger charge is -2.04. The van der Waals surface area contributed by atoms with Gasteiger partial charge in [-0.25, -0.2) is 8.42 Å². The van der Waals surface area contributed by atoms with Gasteiger partial charge >= 0.3 is 10.1 Å². The summed E-state index contributed by atoms with van der Waals surface area (Å²) in [6.07, 6.45) is 0.903. The summed E-state index contributed by atoms with van der Waals surface area (Å²) in [6, 6.07) is 4.58. The van der Waals surface area contributed by atoms with Crippen molar-refractivity contribution in [2.75, 3.05) is 11.0 Å². The van der Waals surface area contributed by atoms with Crippen molar-refractivity contribution in [2.45, 2.75) is 4.90 Å². The molecule has 0 saturated heterocycles. The third-order valence-electron chi connectivity index (χ3n) is 1.51. The van der Waals surface area contributed by atoms with E-state index in [1.807, 2.05) is 4.72 Å². The Morgan fingerprint density at radius 2 is 1.88 bits per heavy atom. The van der Waals surface area contributed by atoms with Gasteiger partial charge in [0.05, 0.1) is 11.2 Å². The van der Waals surface area contributed by atoms with Crippen LogP contribution in [-0.2, 0) is 24.5 Å². The molecule has 1 aromatic rings. The monoisotopic (exact) mass is 269 g/mol. The fourth-order valence-corrected chi connectivity index (χ4v) is 2.11. The molecule has 0 aliphatic rings. The molecule has 0 aromatic heterocycles. The molecule has 0 fully saturated rings. The molecule has 16 heavy (non-hydrogen) atoms. The molecule has 6 nitrogen and oxygen atoms in total. The summed E-state index contributed by atoms with van der Waals surface area (Å²) >= 11 is 0. The van der Waals surface area contributed by atoms with Crippen LogP contribution in [0.25, 0.3) is 0 Å². The lowest BCUT2D eigenvalue weighted by molar-refractivity contribution is 0.00286. The van der Waals surface area contributed by atoms with Crippen LogP contribution in [0.15, 0.2) is 29.2 Å². The molecule has 9 heteroatoms. The molecule has 0 aliphatic heterocycles. The van der Waals surface area contributed by atoms with Crippen LogP contribution < -0.4 is 4.72 Å². The highest BCUT2D eigenvalue weighted by Crippen LogP contribution is 2.18. The summed E-state index contributed by atoms with van der Waals surface area (Å²) in [5.41, 5.74) is 0.000579. The van der Waals surface area contributed by atoms with Crippen LogP contribution in [-0.4, -0.2) is 23.1 Å². The molecule has 0 spiro atoms. The van der Waals surface area contributed by atoms with Gasteiger partial charge in [0.25, 0.3) is 0 Å². The smallest absolute Gasteiger partial charge is 0.284 e. The van der Waals surface area contributed by atoms with Crippen LogP contribution >= 0.6 is 0 Å². The van der Waals surface area contributed by atoms with E-state index < -0.39 is 25.0 Å². The summed E-state index contributed by atoms with van der Waals surface area (Å²) in [4.78, 5) is -0.483. The average molecular weight is 269 g/mol. The maximum Gasteiger partial charge on any atom is 0.327 e. The minimum absolute atomic E-state index is 0.000579. The first-order chi connectivity index (χ1) is 7.24. The number of halogens is 1. The number of hydrogen-bond acceptors (Lipinski definition) is 5. The SMILES string of the molecule is CS(=O)(=O)Nc1cccc(S(=O)(=O)OF)c1. The first-order valence-corrected chi connectivity index (χ1v) is 7.18. The maximum atomic E-state index is 11.7. The van der Waals surface area contributed by atoms with Gasteiger partial charge in [-0.3, -0.25) is 4.72 Å². The molecular formula is C7H8FNO5S2. The van der Waals surface area contributed by atoms with Crippen molar-refractivity contribution in [1.82, 2.24) is 0 Å². The Morgan fingerprint density at radius 3 is 2.38 bits per heavy atom. The molecule has 0 bridgehead atoms. The Morgan fingerprint density at radius 1 is 1.25 bits per heavy atom. The van der Waals surface area contributed by atoms with E-state index in [2.05, 4.69) is 4.39 Å². The van der Waals surface area contributed by atoms with Gasteiger partial charge in [-0.15, -0.1) is 0 Å². The second kappa shape index (κ2) is 4.36. The first kappa shape index (κ1) is 12.9. The standard InChI is InChI=1S/C7H8FNO5S2/c1-15(10,11)9-6-3-2-4-7(5-6)16(12,13)14-8/h2-5,9H,1H3. The average Bonchev–Trinajstić information content (AvgIpc) is 2.15. The molecule has 0 saturated carbocycles. The first-order valence-electron chi connectivity index (χ1n) is 3.88. The number of rotatable bonds is 4. The second-order valence-electron chi connectivity index (χ2n) is 2.92. The van der Waals surface area contributed by atoms with Crippen LogP contribution in [0.3, 0.4) is 0 Å². The Hall–Kier alpha value is -1.19. The Kier molecular flexibility index (Phi) is 3.51. The summed E-state index contributed by atoms with van der Waals surface area (Å²) in [5.74, 6) is 0. The highest BCUT2D eigenvalue weighted by atomic mass is 32.2. The summed E-state index contributed by atoms with van der Waals surface area (Å²) in [7, 11) is -8.00. The number of sulfonamides is 1. The third-order valence-corrected chi connectivity index (χ3v) is 3.11. The van der Waals surface area contributed by atoms with Crippen LogP contribution in [0, 0.1) is 0 Å². The molecular weight excluding hydrogens is 261 g/mol. The van der Waals surface area contributed by atoms with Gasteiger partial charge in [-0.2, -0.15) is 8.42 Å². The molecule has 0 heterocycles. The molecule has 0 radical (unpaired) electrons. The Balaban J connectivity index is 3.15. The zero-order chi connectivity index (χ0) is 12.4. The van der Waals surface area contributed by atoms with Gasteiger partial charge in [0.2, 0.25) is 10.0 Å². The van der Waals surface area contributed by atoms with Crippen molar-refractivity contribution in [2.24, 2.45) is 0 Å².